The lowest BCUT2D eigenvalue weighted by Crippen LogP contribution is -2.23. The lowest BCUT2D eigenvalue weighted by Gasteiger charge is -2.18. The molecule has 1 aromatic rings. The van der Waals surface area contributed by atoms with Gasteiger partial charge in [-0.3, -0.25) is 14.6 Å². The van der Waals surface area contributed by atoms with E-state index in [0.29, 0.717) is 17.6 Å². The van der Waals surface area contributed by atoms with E-state index in [1.165, 1.54) is 18.7 Å². The minimum atomic E-state index is -0.462. The van der Waals surface area contributed by atoms with Crippen molar-refractivity contribution < 1.29 is 23.9 Å². The minimum Gasteiger partial charge on any atom is -0.492 e. The van der Waals surface area contributed by atoms with Crippen LogP contribution in [-0.2, 0) is 30.3 Å². The number of halogens is 1. The summed E-state index contributed by atoms with van der Waals surface area (Å²) < 4.78 is 10.3. The van der Waals surface area contributed by atoms with Crippen LogP contribution in [-0.4, -0.2) is 36.2 Å². The maximum absolute atomic E-state index is 12.8. The van der Waals surface area contributed by atoms with E-state index in [1.54, 1.807) is 27.0 Å². The number of esters is 1. The fourth-order valence-electron chi connectivity index (χ4n) is 3.39. The van der Waals surface area contributed by atoms with Crippen molar-refractivity contribution in [3.05, 3.63) is 64.2 Å². The predicted molar refractivity (Wildman–Crippen MR) is 121 cm³/mol. The Morgan fingerprint density at radius 2 is 1.84 bits per heavy atom. The molecular formula is C24H30ClNO5. The number of pyridine rings is 1. The fourth-order valence-corrected chi connectivity index (χ4v) is 3.39. The highest BCUT2D eigenvalue weighted by atomic mass is 35.5. The van der Waals surface area contributed by atoms with Crippen LogP contribution in [0.4, 0.5) is 0 Å². The van der Waals surface area contributed by atoms with Gasteiger partial charge in [0.1, 0.15) is 0 Å². The zero-order valence-corrected chi connectivity index (χ0v) is 19.3. The Labute approximate surface area is 189 Å². The number of nitrogens with zero attached hydrogens (tertiary/aromatic N) is 1. The molecule has 0 fully saturated rings. The maximum atomic E-state index is 12.8. The molecule has 0 N–H and O–H groups in total. The van der Waals surface area contributed by atoms with Crippen molar-refractivity contribution in [2.45, 2.75) is 52.9 Å². The molecule has 0 unspecified atom stereocenters. The van der Waals surface area contributed by atoms with E-state index in [-0.39, 0.29) is 47.5 Å². The summed E-state index contributed by atoms with van der Waals surface area (Å²) in [4.78, 5) is 41.8. The fraction of sp³-hybridized carbons (Fsp3) is 0.417. The van der Waals surface area contributed by atoms with Crippen molar-refractivity contribution in [2.24, 2.45) is 0 Å². The molecule has 1 aliphatic rings. The molecule has 6 nitrogen and oxygen atoms in total. The molecule has 0 saturated carbocycles. The van der Waals surface area contributed by atoms with Crippen LogP contribution in [0.15, 0.2) is 58.7 Å². The van der Waals surface area contributed by atoms with Gasteiger partial charge in [-0.2, -0.15) is 0 Å². The molecule has 1 heterocycles. The number of aromatic nitrogens is 1. The van der Waals surface area contributed by atoms with Gasteiger partial charge >= 0.3 is 5.97 Å². The zero-order chi connectivity index (χ0) is 22.1. The molecule has 31 heavy (non-hydrogen) atoms. The third-order valence-corrected chi connectivity index (χ3v) is 5.07. The van der Waals surface area contributed by atoms with Crippen LogP contribution in [0.2, 0.25) is 0 Å². The quantitative estimate of drug-likeness (QED) is 0.227. The number of unbranched alkanes of at least 4 members (excludes halogenated alkanes) is 2. The summed E-state index contributed by atoms with van der Waals surface area (Å²) in [5, 5.41) is 0. The van der Waals surface area contributed by atoms with E-state index in [4.69, 9.17) is 9.47 Å². The van der Waals surface area contributed by atoms with Gasteiger partial charge in [0.2, 0.25) is 5.78 Å². The topological polar surface area (TPSA) is 82.6 Å². The molecule has 168 valence electrons. The molecule has 1 aromatic heterocycles. The van der Waals surface area contributed by atoms with Crippen molar-refractivity contribution >= 4 is 29.9 Å². The van der Waals surface area contributed by atoms with E-state index in [9.17, 15) is 14.4 Å². The van der Waals surface area contributed by atoms with Crippen molar-refractivity contribution in [1.82, 2.24) is 4.98 Å². The summed E-state index contributed by atoms with van der Waals surface area (Å²) in [7, 11) is 1.36. The normalized spacial score (nSPS) is 14.5. The summed E-state index contributed by atoms with van der Waals surface area (Å²) in [6.07, 6.45) is 9.15. The Kier molecular flexibility index (Phi) is 10.9. The standard InChI is InChI=1S/C24H29NO5.ClH/c1-5-30-24(28)19(12-8-6-7-10-18-11-9-13-25-15-18)14-20-16(2)21(26)17(3)23(29-4)22(20)27;/h9,11,13-15H,5-8,10,12H2,1-4H3;1H. The van der Waals surface area contributed by atoms with Crippen LogP contribution >= 0.6 is 12.4 Å². The molecule has 7 heteroatoms. The number of ether oxygens (including phenoxy) is 2. The van der Waals surface area contributed by atoms with E-state index in [2.05, 4.69) is 4.98 Å². The Balaban J connectivity index is 0.00000480. The third-order valence-electron chi connectivity index (χ3n) is 5.07. The molecule has 0 saturated heterocycles. The highest BCUT2D eigenvalue weighted by molar-refractivity contribution is 6.25. The van der Waals surface area contributed by atoms with Crippen molar-refractivity contribution in [1.29, 1.82) is 0 Å². The van der Waals surface area contributed by atoms with Crippen LogP contribution in [0.1, 0.15) is 52.0 Å². The predicted octanol–water partition coefficient (Wildman–Crippen LogP) is 4.48. The average molecular weight is 448 g/mol. The second-order valence-corrected chi connectivity index (χ2v) is 7.17. The highest BCUT2D eigenvalue weighted by Gasteiger charge is 2.31. The van der Waals surface area contributed by atoms with Gasteiger partial charge in [-0.25, -0.2) is 4.79 Å². The van der Waals surface area contributed by atoms with Gasteiger partial charge < -0.3 is 9.47 Å². The number of carbonyl (C=O) groups is 3. The molecule has 0 bridgehead atoms. The number of carbonyl (C=O) groups excluding carboxylic acids is 3. The molecule has 0 aromatic carbocycles. The minimum absolute atomic E-state index is 0. The van der Waals surface area contributed by atoms with Crippen LogP contribution < -0.4 is 0 Å². The highest BCUT2D eigenvalue weighted by Crippen LogP contribution is 2.27. The first-order valence-corrected chi connectivity index (χ1v) is 10.2. The van der Waals surface area contributed by atoms with E-state index in [1.807, 2.05) is 18.3 Å². The van der Waals surface area contributed by atoms with Gasteiger partial charge in [0.25, 0.3) is 0 Å². The van der Waals surface area contributed by atoms with E-state index in [0.717, 1.165) is 25.7 Å². The molecule has 0 atom stereocenters. The van der Waals surface area contributed by atoms with E-state index >= 15 is 0 Å². The van der Waals surface area contributed by atoms with Crippen LogP contribution in [0.25, 0.3) is 0 Å². The summed E-state index contributed by atoms with van der Waals surface area (Å²) in [6, 6.07) is 3.96. The second kappa shape index (κ2) is 12.8. The average Bonchev–Trinajstić information content (AvgIpc) is 2.75. The monoisotopic (exact) mass is 447 g/mol. The first-order chi connectivity index (χ1) is 14.4. The van der Waals surface area contributed by atoms with Gasteiger partial charge in [-0.15, -0.1) is 12.4 Å². The SMILES string of the molecule is CCOC(=O)C(=CC1=C(C)C(=O)C(C)=C(OC)C1=O)CCCCCc1cccnc1.Cl. The number of ketones is 2. The van der Waals surface area contributed by atoms with Crippen LogP contribution in [0.3, 0.4) is 0 Å². The lowest BCUT2D eigenvalue weighted by atomic mass is 9.88. The Bertz CT molecular complexity index is 900. The molecule has 2 rings (SSSR count). The van der Waals surface area contributed by atoms with Crippen molar-refractivity contribution in [3.8, 4) is 0 Å². The molecule has 0 aliphatic heterocycles. The Morgan fingerprint density at radius 3 is 2.45 bits per heavy atom. The lowest BCUT2D eigenvalue weighted by molar-refractivity contribution is -0.138. The largest absolute Gasteiger partial charge is 0.492 e. The third kappa shape index (κ3) is 6.89. The molecule has 0 radical (unpaired) electrons. The molecule has 0 amide bonds. The first kappa shape index (κ1) is 26.3. The van der Waals surface area contributed by atoms with Gasteiger partial charge in [0, 0.05) is 34.7 Å². The number of rotatable bonds is 10. The molecule has 0 spiro atoms. The molecular weight excluding hydrogens is 418 g/mol. The van der Waals surface area contributed by atoms with Gasteiger partial charge in [0.05, 0.1) is 13.7 Å². The van der Waals surface area contributed by atoms with Crippen LogP contribution in [0.5, 0.6) is 0 Å². The maximum Gasteiger partial charge on any atom is 0.334 e. The van der Waals surface area contributed by atoms with Gasteiger partial charge in [-0.05, 0) is 64.2 Å². The number of hydrogen-bond donors (Lipinski definition) is 0. The van der Waals surface area contributed by atoms with Crippen molar-refractivity contribution in [3.63, 3.8) is 0 Å². The van der Waals surface area contributed by atoms with Gasteiger partial charge in [-0.1, -0.05) is 12.5 Å². The van der Waals surface area contributed by atoms with E-state index < -0.39 is 5.97 Å². The number of Topliss-reactive ketones (excluding diaryl/α,β-unsaturated/α-hetero) is 2. The smallest absolute Gasteiger partial charge is 0.334 e. The zero-order valence-electron chi connectivity index (χ0n) is 18.5. The van der Waals surface area contributed by atoms with Gasteiger partial charge in [0.15, 0.2) is 11.5 Å². The summed E-state index contributed by atoms with van der Waals surface area (Å²) >= 11 is 0. The summed E-state index contributed by atoms with van der Waals surface area (Å²) in [6.45, 7) is 5.14. The first-order valence-electron chi connectivity index (χ1n) is 10.2. The Hall–Kier alpha value is -2.73. The van der Waals surface area contributed by atoms with Crippen molar-refractivity contribution in [2.75, 3.05) is 13.7 Å². The summed E-state index contributed by atoms with van der Waals surface area (Å²) in [5.41, 5.74) is 2.37. The summed E-state index contributed by atoms with van der Waals surface area (Å²) in [5.74, 6) is -1.07. The Morgan fingerprint density at radius 1 is 1.10 bits per heavy atom. The number of allylic oxidation sites excluding steroid dienone is 4. The number of methoxy groups -OCH3 is 1. The number of aryl methyl sites for hydroxylation is 1. The van der Waals surface area contributed by atoms with Crippen LogP contribution in [0, 0.1) is 0 Å². The number of hydrogen-bond acceptors (Lipinski definition) is 6. The molecule has 1 aliphatic carbocycles. The second-order valence-electron chi connectivity index (χ2n) is 7.17.